The fourth-order valence-corrected chi connectivity index (χ4v) is 6.08. The molecule has 0 spiro atoms. The van der Waals surface area contributed by atoms with E-state index in [0.717, 1.165) is 67.0 Å². The minimum absolute atomic E-state index is 0.105. The van der Waals surface area contributed by atoms with E-state index in [0.29, 0.717) is 29.3 Å². The number of nitrogens with zero attached hydrogens (tertiary/aromatic N) is 4. The average Bonchev–Trinajstić information content (AvgIpc) is 3.62. The van der Waals surface area contributed by atoms with Crippen LogP contribution in [0.4, 0.5) is 30.5 Å². The highest BCUT2D eigenvalue weighted by Crippen LogP contribution is 2.46. The van der Waals surface area contributed by atoms with Crippen LogP contribution in [-0.4, -0.2) is 60.5 Å². The van der Waals surface area contributed by atoms with Gasteiger partial charge in [-0.25, -0.2) is 9.97 Å². The van der Waals surface area contributed by atoms with Gasteiger partial charge in [-0.05, 0) is 62.1 Å². The summed E-state index contributed by atoms with van der Waals surface area (Å²) in [6.07, 6.45) is -1.03. The van der Waals surface area contributed by atoms with Crippen molar-refractivity contribution >= 4 is 34.6 Å². The van der Waals surface area contributed by atoms with Gasteiger partial charge in [-0.2, -0.15) is 13.2 Å². The lowest BCUT2D eigenvalue weighted by molar-refractivity contribution is -0.137. The van der Waals surface area contributed by atoms with Gasteiger partial charge in [0.15, 0.2) is 0 Å². The quantitative estimate of drug-likeness (QED) is 0.492. The highest BCUT2D eigenvalue weighted by Gasteiger charge is 2.37. The fraction of sp³-hybridized carbons (Fsp3) is 0.423. The second-order valence-electron chi connectivity index (χ2n) is 9.87. The Balaban J connectivity index is 1.34. The monoisotopic (exact) mass is 528 g/mol. The minimum atomic E-state index is -4.62. The molecule has 194 valence electrons. The second kappa shape index (κ2) is 9.29. The number of hydrogen-bond donors (Lipinski definition) is 2. The molecule has 4 heterocycles. The molecule has 2 fully saturated rings. The molecule has 2 aliphatic heterocycles. The zero-order valence-corrected chi connectivity index (χ0v) is 21.2. The van der Waals surface area contributed by atoms with Crippen molar-refractivity contribution in [2.24, 2.45) is 0 Å². The number of fused-ring (bicyclic) bond motifs is 1. The summed E-state index contributed by atoms with van der Waals surface area (Å²) < 4.78 is 41.7. The van der Waals surface area contributed by atoms with E-state index in [2.05, 4.69) is 49.6 Å². The summed E-state index contributed by atoms with van der Waals surface area (Å²) >= 11 is 1.19. The van der Waals surface area contributed by atoms with E-state index >= 15 is 0 Å². The lowest BCUT2D eigenvalue weighted by atomic mass is 10.1. The third-order valence-electron chi connectivity index (χ3n) is 7.19. The number of anilines is 3. The number of alkyl halides is 3. The Morgan fingerprint density at radius 3 is 2.62 bits per heavy atom. The van der Waals surface area contributed by atoms with Crippen LogP contribution in [-0.2, 0) is 12.6 Å². The van der Waals surface area contributed by atoms with Gasteiger partial charge >= 0.3 is 6.18 Å². The van der Waals surface area contributed by atoms with Gasteiger partial charge in [0.25, 0.3) is 5.91 Å². The number of thiophene rings is 1. The van der Waals surface area contributed by atoms with Gasteiger partial charge < -0.3 is 20.4 Å². The number of hydrogen-bond acceptors (Lipinski definition) is 7. The van der Waals surface area contributed by atoms with Crippen LogP contribution in [0.25, 0.3) is 10.6 Å². The standard InChI is InChI=1S/C26H27F3N6OS/c1-34-8-10-35(11-9-34)16-4-5-20(17(12-16)15-2-3-15)32-25-31-14-19(26(27,28)29)23(33-25)22-13-18-21(37-22)6-7-30-24(18)36/h4-5,12-15H,2-3,6-11H2,1H3,(H,30,36)(H,31,32,33). The first kappa shape index (κ1) is 24.2. The fourth-order valence-electron chi connectivity index (χ4n) is 4.92. The van der Waals surface area contributed by atoms with Crippen LogP contribution in [0.3, 0.4) is 0 Å². The molecule has 0 radical (unpaired) electrons. The van der Waals surface area contributed by atoms with Crippen molar-refractivity contribution in [1.29, 1.82) is 0 Å². The maximum atomic E-state index is 13.9. The number of halogens is 3. The molecule has 1 amide bonds. The number of amides is 1. The van der Waals surface area contributed by atoms with Crippen molar-refractivity contribution in [3.05, 3.63) is 52.0 Å². The molecular weight excluding hydrogens is 501 g/mol. The second-order valence-corrected chi connectivity index (χ2v) is 11.0. The van der Waals surface area contributed by atoms with Gasteiger partial charge in [-0.15, -0.1) is 11.3 Å². The first-order valence-corrected chi connectivity index (χ1v) is 13.3. The number of carbonyl (C=O) groups is 1. The van der Waals surface area contributed by atoms with Crippen molar-refractivity contribution < 1.29 is 18.0 Å². The molecule has 7 nitrogen and oxygen atoms in total. The van der Waals surface area contributed by atoms with Crippen molar-refractivity contribution in [3.63, 3.8) is 0 Å². The number of nitrogens with one attached hydrogen (secondary N) is 2. The van der Waals surface area contributed by atoms with Gasteiger partial charge in [0.2, 0.25) is 5.95 Å². The van der Waals surface area contributed by atoms with Gasteiger partial charge in [0.05, 0.1) is 16.1 Å². The van der Waals surface area contributed by atoms with Gasteiger partial charge in [-0.1, -0.05) is 0 Å². The van der Waals surface area contributed by atoms with E-state index in [4.69, 9.17) is 0 Å². The van der Waals surface area contributed by atoms with Crippen LogP contribution < -0.4 is 15.5 Å². The summed E-state index contributed by atoms with van der Waals surface area (Å²) in [5.74, 6) is 0.263. The Kier molecular flexibility index (Phi) is 6.07. The molecule has 1 aliphatic carbocycles. The molecule has 37 heavy (non-hydrogen) atoms. The van der Waals surface area contributed by atoms with Gasteiger partial charge in [0, 0.05) is 55.2 Å². The number of rotatable bonds is 5. The molecule has 3 aliphatic rings. The summed E-state index contributed by atoms with van der Waals surface area (Å²) in [4.78, 5) is 26.3. The predicted octanol–water partition coefficient (Wildman–Crippen LogP) is 4.88. The van der Waals surface area contributed by atoms with Gasteiger partial charge in [-0.3, -0.25) is 4.79 Å². The third-order valence-corrected chi connectivity index (χ3v) is 8.39. The van der Waals surface area contributed by atoms with Crippen LogP contribution >= 0.6 is 11.3 Å². The van der Waals surface area contributed by atoms with Crippen LogP contribution in [0.15, 0.2) is 30.5 Å². The lowest BCUT2D eigenvalue weighted by Crippen LogP contribution is -2.44. The molecule has 3 aromatic rings. The molecule has 11 heteroatoms. The molecule has 6 rings (SSSR count). The smallest absolute Gasteiger partial charge is 0.369 e. The summed E-state index contributed by atoms with van der Waals surface area (Å²) in [5.41, 5.74) is 2.42. The van der Waals surface area contributed by atoms with E-state index in [1.54, 1.807) is 0 Å². The molecule has 2 aromatic heterocycles. The maximum absolute atomic E-state index is 13.9. The topological polar surface area (TPSA) is 73.4 Å². The predicted molar refractivity (Wildman–Crippen MR) is 138 cm³/mol. The minimum Gasteiger partial charge on any atom is -0.369 e. The molecule has 1 saturated carbocycles. The van der Waals surface area contributed by atoms with Crippen LogP contribution in [0.2, 0.25) is 0 Å². The van der Waals surface area contributed by atoms with Crippen molar-refractivity contribution in [2.75, 3.05) is 50.0 Å². The Bertz CT molecular complexity index is 1340. The highest BCUT2D eigenvalue weighted by molar-refractivity contribution is 7.15. The Hall–Kier alpha value is -3.18. The van der Waals surface area contributed by atoms with Crippen molar-refractivity contribution in [1.82, 2.24) is 20.2 Å². The summed E-state index contributed by atoms with van der Waals surface area (Å²) in [5, 5.41) is 5.94. The molecule has 0 unspecified atom stereocenters. The average molecular weight is 529 g/mol. The Morgan fingerprint density at radius 2 is 1.92 bits per heavy atom. The van der Waals surface area contributed by atoms with E-state index in [9.17, 15) is 18.0 Å². The largest absolute Gasteiger partial charge is 0.420 e. The zero-order valence-electron chi connectivity index (χ0n) is 20.4. The maximum Gasteiger partial charge on any atom is 0.420 e. The van der Waals surface area contributed by atoms with E-state index in [-0.39, 0.29) is 17.5 Å². The van der Waals surface area contributed by atoms with Gasteiger partial charge in [0.1, 0.15) is 5.56 Å². The van der Waals surface area contributed by atoms with E-state index in [1.165, 1.54) is 17.4 Å². The molecule has 0 bridgehead atoms. The van der Waals surface area contributed by atoms with E-state index < -0.39 is 11.7 Å². The van der Waals surface area contributed by atoms with Crippen LogP contribution in [0.5, 0.6) is 0 Å². The van der Waals surface area contributed by atoms with Crippen LogP contribution in [0.1, 0.15) is 45.1 Å². The zero-order chi connectivity index (χ0) is 25.7. The first-order valence-electron chi connectivity index (χ1n) is 12.5. The molecule has 1 aromatic carbocycles. The SMILES string of the molecule is CN1CCN(c2ccc(Nc3ncc(C(F)(F)F)c(-c4cc5c(s4)CCNC5=O)n3)c(C3CC3)c2)CC1. The number of aromatic nitrogens is 2. The summed E-state index contributed by atoms with van der Waals surface area (Å²) in [7, 11) is 2.12. The van der Waals surface area contributed by atoms with Crippen molar-refractivity contribution in [2.45, 2.75) is 31.4 Å². The summed E-state index contributed by atoms with van der Waals surface area (Å²) in [6, 6.07) is 7.74. The molecule has 1 saturated heterocycles. The Labute approximate surface area is 216 Å². The number of likely N-dealkylation sites (N-methyl/N-ethyl adjacent to an activating group) is 1. The first-order chi connectivity index (χ1) is 17.8. The molecule has 2 N–H and O–H groups in total. The third kappa shape index (κ3) is 4.89. The summed E-state index contributed by atoms with van der Waals surface area (Å²) in [6.45, 7) is 4.41. The number of benzene rings is 1. The van der Waals surface area contributed by atoms with Crippen molar-refractivity contribution in [3.8, 4) is 10.6 Å². The van der Waals surface area contributed by atoms with E-state index in [1.807, 2.05) is 6.07 Å². The van der Waals surface area contributed by atoms with Crippen LogP contribution in [0, 0.1) is 0 Å². The lowest BCUT2D eigenvalue weighted by Gasteiger charge is -2.34. The number of carbonyl (C=O) groups excluding carboxylic acids is 1. The molecular formula is C26H27F3N6OS. The Morgan fingerprint density at radius 1 is 1.14 bits per heavy atom. The number of piperazine rings is 1. The molecule has 0 atom stereocenters. The normalized spacial score (nSPS) is 18.5. The highest BCUT2D eigenvalue weighted by atomic mass is 32.1.